The molecule has 1 N–H and O–H groups in total. The van der Waals surface area contributed by atoms with Crippen LogP contribution in [0.25, 0.3) is 10.8 Å². The smallest absolute Gasteiger partial charge is 0.133 e. The zero-order valence-electron chi connectivity index (χ0n) is 14.3. The molecular formula is C22H22O2. The number of aliphatic hydroxyl groups excluding tert-OH is 1. The first-order valence-electron chi connectivity index (χ1n) is 8.48. The Morgan fingerprint density at radius 2 is 1.67 bits per heavy atom. The van der Waals surface area contributed by atoms with Crippen molar-refractivity contribution in [2.75, 3.05) is 0 Å². The van der Waals surface area contributed by atoms with Crippen molar-refractivity contribution in [1.29, 1.82) is 0 Å². The maximum Gasteiger partial charge on any atom is 0.133 e. The van der Waals surface area contributed by atoms with Crippen LogP contribution in [-0.2, 0) is 0 Å². The van der Waals surface area contributed by atoms with Crippen molar-refractivity contribution in [3.05, 3.63) is 76.3 Å². The van der Waals surface area contributed by atoms with E-state index in [1.807, 2.05) is 18.2 Å². The van der Waals surface area contributed by atoms with Crippen molar-refractivity contribution in [3.8, 4) is 5.75 Å². The Bertz CT molecular complexity index is 903. The molecule has 0 aliphatic carbocycles. The summed E-state index contributed by atoms with van der Waals surface area (Å²) in [5, 5.41) is 12.9. The van der Waals surface area contributed by atoms with Gasteiger partial charge >= 0.3 is 0 Å². The average Bonchev–Trinajstić information content (AvgIpc) is 2.59. The molecule has 24 heavy (non-hydrogen) atoms. The van der Waals surface area contributed by atoms with Crippen molar-refractivity contribution < 1.29 is 9.84 Å². The first-order valence-corrected chi connectivity index (χ1v) is 8.48. The van der Waals surface area contributed by atoms with Crippen LogP contribution in [0.4, 0.5) is 0 Å². The molecule has 1 aliphatic rings. The van der Waals surface area contributed by atoms with Crippen LogP contribution in [0, 0.1) is 20.8 Å². The Morgan fingerprint density at radius 1 is 0.958 bits per heavy atom. The van der Waals surface area contributed by atoms with Crippen molar-refractivity contribution in [2.45, 2.75) is 39.4 Å². The number of hydrogen-bond donors (Lipinski definition) is 1. The fourth-order valence-corrected chi connectivity index (χ4v) is 3.63. The number of fused-ring (bicyclic) bond motifs is 3. The maximum absolute atomic E-state index is 10.7. The molecule has 4 rings (SSSR count). The molecule has 2 atom stereocenters. The molecule has 3 aromatic carbocycles. The lowest BCUT2D eigenvalue weighted by Crippen LogP contribution is -2.19. The summed E-state index contributed by atoms with van der Waals surface area (Å²) in [5.74, 6) is 0.827. The van der Waals surface area contributed by atoms with Crippen molar-refractivity contribution in [2.24, 2.45) is 0 Å². The highest BCUT2D eigenvalue weighted by Crippen LogP contribution is 2.44. The number of aliphatic hydroxyl groups is 1. The van der Waals surface area contributed by atoms with Crippen molar-refractivity contribution in [1.82, 2.24) is 0 Å². The average molecular weight is 318 g/mol. The van der Waals surface area contributed by atoms with Gasteiger partial charge in [-0.2, -0.15) is 0 Å². The largest absolute Gasteiger partial charge is 0.485 e. The molecular weight excluding hydrogens is 296 g/mol. The highest BCUT2D eigenvalue weighted by atomic mass is 16.5. The Labute approximate surface area is 142 Å². The number of rotatable bonds is 1. The first-order chi connectivity index (χ1) is 11.5. The second-order valence-corrected chi connectivity index (χ2v) is 6.84. The van der Waals surface area contributed by atoms with Crippen LogP contribution in [0.15, 0.2) is 48.5 Å². The van der Waals surface area contributed by atoms with Gasteiger partial charge in [-0.25, -0.2) is 0 Å². The second-order valence-electron chi connectivity index (χ2n) is 6.84. The van der Waals surface area contributed by atoms with Crippen LogP contribution in [0.1, 0.15) is 46.4 Å². The molecule has 0 bridgehead atoms. The van der Waals surface area contributed by atoms with Crippen LogP contribution in [0.2, 0.25) is 0 Å². The molecule has 0 saturated heterocycles. The summed E-state index contributed by atoms with van der Waals surface area (Å²) in [7, 11) is 0. The SMILES string of the molecule is Cc1cc(C2CC(O)c3ccc4ccccc4c3O2)cc(C)c1C. The van der Waals surface area contributed by atoms with E-state index in [1.165, 1.54) is 16.7 Å². The van der Waals surface area contributed by atoms with E-state index in [2.05, 4.69) is 51.1 Å². The topological polar surface area (TPSA) is 29.5 Å². The van der Waals surface area contributed by atoms with Gasteiger partial charge in [0, 0.05) is 17.4 Å². The number of hydrogen-bond acceptors (Lipinski definition) is 2. The van der Waals surface area contributed by atoms with Gasteiger partial charge < -0.3 is 9.84 Å². The highest BCUT2D eigenvalue weighted by Gasteiger charge is 2.29. The molecule has 0 amide bonds. The van der Waals surface area contributed by atoms with Gasteiger partial charge in [0.2, 0.25) is 0 Å². The minimum absolute atomic E-state index is 0.115. The summed E-state index contributed by atoms with van der Waals surface area (Å²) in [6.45, 7) is 6.41. The molecule has 0 saturated carbocycles. The van der Waals surface area contributed by atoms with Crippen molar-refractivity contribution in [3.63, 3.8) is 0 Å². The lowest BCUT2D eigenvalue weighted by atomic mass is 9.90. The zero-order chi connectivity index (χ0) is 16.8. The zero-order valence-corrected chi connectivity index (χ0v) is 14.3. The summed E-state index contributed by atoms with van der Waals surface area (Å²) in [6.07, 6.45) is -0.0191. The van der Waals surface area contributed by atoms with Crippen LogP contribution >= 0.6 is 0 Å². The van der Waals surface area contributed by atoms with E-state index in [4.69, 9.17) is 4.74 Å². The second kappa shape index (κ2) is 5.64. The normalized spacial score (nSPS) is 19.8. The molecule has 1 heterocycles. The van der Waals surface area contributed by atoms with Crippen molar-refractivity contribution >= 4 is 10.8 Å². The molecule has 0 radical (unpaired) electrons. The lowest BCUT2D eigenvalue weighted by Gasteiger charge is -2.31. The molecule has 2 unspecified atom stereocenters. The van der Waals surface area contributed by atoms with E-state index in [0.717, 1.165) is 27.6 Å². The summed E-state index contributed by atoms with van der Waals surface area (Å²) in [4.78, 5) is 0. The van der Waals surface area contributed by atoms with E-state index >= 15 is 0 Å². The molecule has 0 fully saturated rings. The molecule has 2 nitrogen and oxygen atoms in total. The van der Waals surface area contributed by atoms with Gasteiger partial charge in [0.25, 0.3) is 0 Å². The van der Waals surface area contributed by atoms with Gasteiger partial charge in [0.05, 0.1) is 6.10 Å². The first kappa shape index (κ1) is 15.2. The van der Waals surface area contributed by atoms with E-state index in [9.17, 15) is 5.11 Å². The van der Waals surface area contributed by atoms with Crippen LogP contribution in [-0.4, -0.2) is 5.11 Å². The minimum Gasteiger partial charge on any atom is -0.485 e. The number of benzene rings is 3. The predicted molar refractivity (Wildman–Crippen MR) is 97.5 cm³/mol. The Balaban J connectivity index is 1.82. The Hall–Kier alpha value is -2.32. The number of aryl methyl sites for hydroxylation is 2. The van der Waals surface area contributed by atoms with Gasteiger partial charge in [-0.3, -0.25) is 0 Å². The van der Waals surface area contributed by atoms with Crippen LogP contribution in [0.5, 0.6) is 5.75 Å². The maximum atomic E-state index is 10.7. The molecule has 0 spiro atoms. The third-order valence-corrected chi connectivity index (χ3v) is 5.29. The highest BCUT2D eigenvalue weighted by molar-refractivity contribution is 5.90. The summed E-state index contributed by atoms with van der Waals surface area (Å²) in [6, 6.07) is 16.6. The third-order valence-electron chi connectivity index (χ3n) is 5.29. The summed E-state index contributed by atoms with van der Waals surface area (Å²) >= 11 is 0. The minimum atomic E-state index is -0.495. The Morgan fingerprint density at radius 3 is 2.42 bits per heavy atom. The van der Waals surface area contributed by atoms with Gasteiger partial charge in [-0.15, -0.1) is 0 Å². The summed E-state index contributed by atoms with van der Waals surface area (Å²) in [5.41, 5.74) is 5.90. The third kappa shape index (κ3) is 2.38. The predicted octanol–water partition coefficient (Wildman–Crippen LogP) is 5.32. The van der Waals surface area contributed by atoms with Gasteiger partial charge in [0.15, 0.2) is 0 Å². The van der Waals surface area contributed by atoms with E-state index in [0.29, 0.717) is 6.42 Å². The molecule has 122 valence electrons. The van der Waals surface area contributed by atoms with Crippen LogP contribution < -0.4 is 4.74 Å². The molecule has 3 aromatic rings. The fourth-order valence-electron chi connectivity index (χ4n) is 3.63. The van der Waals surface area contributed by atoms with Crippen LogP contribution in [0.3, 0.4) is 0 Å². The van der Waals surface area contributed by atoms with Gasteiger partial charge in [-0.1, -0.05) is 48.5 Å². The van der Waals surface area contributed by atoms with E-state index < -0.39 is 6.10 Å². The van der Waals surface area contributed by atoms with Gasteiger partial charge in [0.1, 0.15) is 11.9 Å². The fraction of sp³-hybridized carbons (Fsp3) is 0.273. The van der Waals surface area contributed by atoms with E-state index in [1.54, 1.807) is 0 Å². The monoisotopic (exact) mass is 318 g/mol. The summed E-state index contributed by atoms with van der Waals surface area (Å²) < 4.78 is 6.39. The lowest BCUT2D eigenvalue weighted by molar-refractivity contribution is 0.0671. The van der Waals surface area contributed by atoms with Gasteiger partial charge in [-0.05, 0) is 48.4 Å². The Kier molecular flexibility index (Phi) is 3.58. The molecule has 0 aromatic heterocycles. The standard InChI is InChI=1S/C22H22O2/c1-13-10-17(11-14(2)15(13)3)21-12-20(23)19-9-8-16-6-4-5-7-18(16)22(19)24-21/h4-11,20-21,23H,12H2,1-3H3. The molecule has 2 heteroatoms. The van der Waals surface area contributed by atoms with E-state index in [-0.39, 0.29) is 6.10 Å². The number of ether oxygens (including phenoxy) is 1. The quantitative estimate of drug-likeness (QED) is 0.658. The molecule has 1 aliphatic heterocycles.